The van der Waals surface area contributed by atoms with E-state index in [9.17, 15) is 21.6 Å². The number of hydrogen-bond acceptors (Lipinski definition) is 5. The Bertz CT molecular complexity index is 914. The number of rotatable bonds is 3. The molecule has 10 heteroatoms. The zero-order chi connectivity index (χ0) is 19.1. The van der Waals surface area contributed by atoms with Gasteiger partial charge in [-0.2, -0.15) is 13.2 Å². The van der Waals surface area contributed by atoms with Gasteiger partial charge in [0, 0.05) is 12.3 Å². The third-order valence-electron chi connectivity index (χ3n) is 3.80. The van der Waals surface area contributed by atoms with Crippen molar-refractivity contribution in [2.45, 2.75) is 24.1 Å². The number of methoxy groups -OCH3 is 1. The van der Waals surface area contributed by atoms with E-state index in [0.29, 0.717) is 23.8 Å². The van der Waals surface area contributed by atoms with Crippen LogP contribution in [0.5, 0.6) is 11.5 Å². The second-order valence-corrected chi connectivity index (χ2v) is 7.54. The Morgan fingerprint density at radius 1 is 1.27 bits per heavy atom. The van der Waals surface area contributed by atoms with Gasteiger partial charge in [0.1, 0.15) is 28.2 Å². The van der Waals surface area contributed by atoms with Crippen LogP contribution in [0.1, 0.15) is 12.6 Å². The predicted molar refractivity (Wildman–Crippen MR) is 86.9 cm³/mol. The lowest BCUT2D eigenvalue weighted by atomic mass is 10.2. The number of benzene rings is 1. The molecule has 0 amide bonds. The summed E-state index contributed by atoms with van der Waals surface area (Å²) < 4.78 is 75.7. The summed E-state index contributed by atoms with van der Waals surface area (Å²) in [5.41, 5.74) is -0.906. The summed E-state index contributed by atoms with van der Waals surface area (Å²) in [5, 5.41) is 0. The van der Waals surface area contributed by atoms with Crippen LogP contribution in [0.15, 0.2) is 41.4 Å². The van der Waals surface area contributed by atoms with Crippen molar-refractivity contribution in [3.8, 4) is 11.5 Å². The van der Waals surface area contributed by atoms with Crippen molar-refractivity contribution in [1.82, 2.24) is 4.98 Å². The average molecular weight is 388 g/mol. The van der Waals surface area contributed by atoms with E-state index >= 15 is 0 Å². The highest BCUT2D eigenvalue weighted by Crippen LogP contribution is 2.39. The van der Waals surface area contributed by atoms with Crippen LogP contribution < -0.4 is 13.8 Å². The van der Waals surface area contributed by atoms with Gasteiger partial charge in [0.05, 0.1) is 19.3 Å². The van der Waals surface area contributed by atoms with Gasteiger partial charge in [0.25, 0.3) is 10.0 Å². The minimum Gasteiger partial charge on any atom is -0.497 e. The highest BCUT2D eigenvalue weighted by atomic mass is 32.2. The van der Waals surface area contributed by atoms with Gasteiger partial charge in [-0.1, -0.05) is 0 Å². The molecule has 0 N–H and O–H groups in total. The fraction of sp³-hybridized carbons (Fsp3) is 0.312. The van der Waals surface area contributed by atoms with Crippen LogP contribution in [0.2, 0.25) is 0 Å². The Morgan fingerprint density at radius 3 is 2.58 bits per heavy atom. The number of sulfonamides is 1. The van der Waals surface area contributed by atoms with Gasteiger partial charge in [0.2, 0.25) is 0 Å². The lowest BCUT2D eigenvalue weighted by Crippen LogP contribution is -2.42. The topological polar surface area (TPSA) is 68.7 Å². The number of alkyl halides is 3. The molecule has 140 valence electrons. The molecule has 1 aromatic heterocycles. The number of fused-ring (bicyclic) bond motifs is 1. The lowest BCUT2D eigenvalue weighted by molar-refractivity contribution is -0.141. The second kappa shape index (κ2) is 6.35. The molecule has 1 atom stereocenters. The van der Waals surface area contributed by atoms with E-state index in [0.717, 1.165) is 10.4 Å². The first-order valence-electron chi connectivity index (χ1n) is 7.53. The smallest absolute Gasteiger partial charge is 0.433 e. The molecule has 26 heavy (non-hydrogen) atoms. The van der Waals surface area contributed by atoms with Crippen molar-refractivity contribution in [2.24, 2.45) is 0 Å². The van der Waals surface area contributed by atoms with Gasteiger partial charge in [0.15, 0.2) is 0 Å². The maximum Gasteiger partial charge on any atom is 0.433 e. The molecule has 6 nitrogen and oxygen atoms in total. The van der Waals surface area contributed by atoms with E-state index in [-0.39, 0.29) is 17.1 Å². The highest BCUT2D eigenvalue weighted by molar-refractivity contribution is 7.92. The van der Waals surface area contributed by atoms with Crippen LogP contribution in [0, 0.1) is 0 Å². The zero-order valence-electron chi connectivity index (χ0n) is 13.8. The number of hydrogen-bond donors (Lipinski definition) is 0. The van der Waals surface area contributed by atoms with E-state index in [4.69, 9.17) is 9.47 Å². The van der Waals surface area contributed by atoms with Gasteiger partial charge >= 0.3 is 6.18 Å². The molecular weight excluding hydrogens is 373 g/mol. The predicted octanol–water partition coefficient (Wildman–Crippen LogP) is 3.09. The summed E-state index contributed by atoms with van der Waals surface area (Å²) in [6.45, 7) is 1.70. The van der Waals surface area contributed by atoms with E-state index < -0.39 is 28.0 Å². The van der Waals surface area contributed by atoms with Gasteiger partial charge in [-0.05, 0) is 31.2 Å². The summed E-state index contributed by atoms with van der Waals surface area (Å²) in [5.74, 6) is 0.764. The summed E-state index contributed by atoms with van der Waals surface area (Å²) in [6.07, 6.45) is -4.37. The fourth-order valence-corrected chi connectivity index (χ4v) is 4.05. The number of pyridine rings is 1. The molecule has 0 saturated heterocycles. The SMILES string of the molecule is COc1ccc2c(c1)N(S(=O)(=O)c1ccc(C(F)(F)F)nc1)C[C@H](C)O2. The molecule has 0 bridgehead atoms. The molecule has 0 saturated carbocycles. The van der Waals surface area contributed by atoms with Gasteiger partial charge in [-0.3, -0.25) is 9.29 Å². The first kappa shape index (κ1) is 18.3. The summed E-state index contributed by atoms with van der Waals surface area (Å²) >= 11 is 0. The molecule has 2 aromatic rings. The Balaban J connectivity index is 2.05. The average Bonchev–Trinajstić information content (AvgIpc) is 2.60. The van der Waals surface area contributed by atoms with Gasteiger partial charge < -0.3 is 9.47 Å². The summed E-state index contributed by atoms with van der Waals surface area (Å²) in [7, 11) is -2.69. The Labute approximate surface area is 148 Å². The molecule has 2 heterocycles. The minimum absolute atomic E-state index is 0.00350. The van der Waals surface area contributed by atoms with Crippen molar-refractivity contribution in [1.29, 1.82) is 0 Å². The summed E-state index contributed by atoms with van der Waals surface area (Å²) in [6, 6.07) is 6.24. The second-order valence-electron chi connectivity index (χ2n) is 5.68. The van der Waals surface area contributed by atoms with Crippen LogP contribution in [0.25, 0.3) is 0 Å². The monoisotopic (exact) mass is 388 g/mol. The quantitative estimate of drug-likeness (QED) is 0.808. The highest BCUT2D eigenvalue weighted by Gasteiger charge is 2.36. The van der Waals surface area contributed by atoms with E-state index in [1.165, 1.54) is 13.2 Å². The molecule has 1 aliphatic rings. The maximum atomic E-state index is 13.0. The molecule has 0 aliphatic carbocycles. The van der Waals surface area contributed by atoms with E-state index in [1.54, 1.807) is 19.1 Å². The number of aromatic nitrogens is 1. The van der Waals surface area contributed by atoms with Crippen LogP contribution in [0.4, 0.5) is 18.9 Å². The van der Waals surface area contributed by atoms with E-state index in [1.807, 2.05) is 0 Å². The molecule has 1 aromatic carbocycles. The molecular formula is C16H15F3N2O4S. The maximum absolute atomic E-state index is 13.0. The van der Waals surface area contributed by atoms with E-state index in [2.05, 4.69) is 4.98 Å². The third kappa shape index (κ3) is 3.28. The first-order chi connectivity index (χ1) is 12.1. The molecule has 0 radical (unpaired) electrons. The Hall–Kier alpha value is -2.49. The van der Waals surface area contributed by atoms with Crippen molar-refractivity contribution in [3.63, 3.8) is 0 Å². The van der Waals surface area contributed by atoms with Crippen LogP contribution in [-0.4, -0.2) is 33.2 Å². The Kier molecular flexibility index (Phi) is 4.47. The Morgan fingerprint density at radius 2 is 2.00 bits per heavy atom. The fourth-order valence-electron chi connectivity index (χ4n) is 2.56. The number of anilines is 1. The number of ether oxygens (including phenoxy) is 2. The lowest BCUT2D eigenvalue weighted by Gasteiger charge is -2.34. The summed E-state index contributed by atoms with van der Waals surface area (Å²) in [4.78, 5) is 2.89. The zero-order valence-corrected chi connectivity index (χ0v) is 14.6. The van der Waals surface area contributed by atoms with Crippen molar-refractivity contribution < 1.29 is 31.1 Å². The molecule has 1 aliphatic heterocycles. The van der Waals surface area contributed by atoms with Crippen molar-refractivity contribution in [2.75, 3.05) is 18.0 Å². The first-order valence-corrected chi connectivity index (χ1v) is 8.97. The minimum atomic E-state index is -4.64. The normalized spacial score (nSPS) is 17.4. The number of halogens is 3. The van der Waals surface area contributed by atoms with Crippen LogP contribution >= 0.6 is 0 Å². The molecule has 0 spiro atoms. The largest absolute Gasteiger partial charge is 0.497 e. The number of nitrogens with zero attached hydrogens (tertiary/aromatic N) is 2. The molecule has 0 fully saturated rings. The third-order valence-corrected chi connectivity index (χ3v) is 5.56. The van der Waals surface area contributed by atoms with Gasteiger partial charge in [-0.25, -0.2) is 8.42 Å². The molecule has 3 rings (SSSR count). The van der Waals surface area contributed by atoms with Crippen molar-refractivity contribution in [3.05, 3.63) is 42.2 Å². The van der Waals surface area contributed by atoms with Gasteiger partial charge in [-0.15, -0.1) is 0 Å². The van der Waals surface area contributed by atoms with Crippen molar-refractivity contribution >= 4 is 15.7 Å². The molecule has 0 unspecified atom stereocenters. The van der Waals surface area contributed by atoms with Crippen LogP contribution in [-0.2, 0) is 16.2 Å². The standard InChI is InChI=1S/C16H15F3N2O4S/c1-10-9-21(13-7-11(24-2)3-5-14(13)25-10)26(22,23)12-4-6-15(20-8-12)16(17,18)19/h3-8,10H,9H2,1-2H3/t10-/m0/s1. The van der Waals surface area contributed by atoms with Crippen LogP contribution in [0.3, 0.4) is 0 Å².